The highest BCUT2D eigenvalue weighted by Crippen LogP contribution is 2.00. The molecule has 15 heavy (non-hydrogen) atoms. The first kappa shape index (κ1) is 14.2. The molecule has 0 radical (unpaired) electrons. The maximum atomic E-state index is 2.31. The normalized spacial score (nSPS) is 12.4. The van der Waals surface area contributed by atoms with E-state index < -0.39 is 0 Å². The van der Waals surface area contributed by atoms with Gasteiger partial charge in [0.25, 0.3) is 0 Å². The van der Waals surface area contributed by atoms with Gasteiger partial charge in [-0.05, 0) is 38.5 Å². The molecule has 0 nitrogen and oxygen atoms in total. The summed E-state index contributed by atoms with van der Waals surface area (Å²) >= 11 is 0. The second-order valence-corrected chi connectivity index (χ2v) is 3.78. The lowest BCUT2D eigenvalue weighted by atomic mass is 10.2. The van der Waals surface area contributed by atoms with Crippen LogP contribution in [0.15, 0.2) is 36.5 Å². The second-order valence-electron chi connectivity index (χ2n) is 3.78. The maximum Gasteiger partial charge on any atom is -0.0169 e. The SMILES string of the molecule is CC/C=C\C/C=C\CCC/C=C/CCC. The van der Waals surface area contributed by atoms with Crippen LogP contribution in [0.25, 0.3) is 0 Å². The van der Waals surface area contributed by atoms with E-state index in [-0.39, 0.29) is 0 Å². The highest BCUT2D eigenvalue weighted by Gasteiger charge is 1.80. The zero-order chi connectivity index (χ0) is 11.2. The van der Waals surface area contributed by atoms with E-state index in [9.17, 15) is 0 Å². The zero-order valence-electron chi connectivity index (χ0n) is 10.4. The molecule has 0 amide bonds. The number of allylic oxidation sites excluding steroid dienone is 6. The van der Waals surface area contributed by atoms with Crippen molar-refractivity contribution in [3.8, 4) is 0 Å². The average Bonchev–Trinajstić information content (AvgIpc) is 2.26. The lowest BCUT2D eigenvalue weighted by Gasteiger charge is -1.90. The lowest BCUT2D eigenvalue weighted by Crippen LogP contribution is -1.70. The highest BCUT2D eigenvalue weighted by molar-refractivity contribution is 4.92. The van der Waals surface area contributed by atoms with Gasteiger partial charge in [0.15, 0.2) is 0 Å². The first-order valence-corrected chi connectivity index (χ1v) is 6.36. The van der Waals surface area contributed by atoms with E-state index in [1.165, 1.54) is 32.1 Å². The molecule has 0 bridgehead atoms. The minimum atomic E-state index is 1.10. The van der Waals surface area contributed by atoms with Gasteiger partial charge in [0.1, 0.15) is 0 Å². The maximum absolute atomic E-state index is 2.31. The lowest BCUT2D eigenvalue weighted by molar-refractivity contribution is 0.857. The molecule has 0 spiro atoms. The highest BCUT2D eigenvalue weighted by atomic mass is 13.9. The van der Waals surface area contributed by atoms with Crippen LogP contribution in [0.4, 0.5) is 0 Å². The molecule has 0 aromatic heterocycles. The van der Waals surface area contributed by atoms with E-state index in [4.69, 9.17) is 0 Å². The van der Waals surface area contributed by atoms with Gasteiger partial charge in [-0.1, -0.05) is 56.7 Å². The van der Waals surface area contributed by atoms with Crippen LogP contribution in [0.5, 0.6) is 0 Å². The summed E-state index contributed by atoms with van der Waals surface area (Å²) in [4.78, 5) is 0. The van der Waals surface area contributed by atoms with E-state index in [0.29, 0.717) is 0 Å². The molecule has 0 saturated heterocycles. The Kier molecular flexibility index (Phi) is 12.5. The van der Waals surface area contributed by atoms with Gasteiger partial charge in [-0.25, -0.2) is 0 Å². The molecule has 0 fully saturated rings. The van der Waals surface area contributed by atoms with Crippen molar-refractivity contribution in [1.29, 1.82) is 0 Å². The van der Waals surface area contributed by atoms with Crippen molar-refractivity contribution in [1.82, 2.24) is 0 Å². The van der Waals surface area contributed by atoms with Gasteiger partial charge in [0, 0.05) is 0 Å². The summed E-state index contributed by atoms with van der Waals surface area (Å²) in [6, 6.07) is 0. The Balaban J connectivity index is 3.19. The summed E-state index contributed by atoms with van der Waals surface area (Å²) in [6.07, 6.45) is 22.1. The number of unbranched alkanes of at least 4 members (excludes halogenated alkanes) is 3. The van der Waals surface area contributed by atoms with Crippen LogP contribution in [0, 0.1) is 0 Å². The number of hydrogen-bond donors (Lipinski definition) is 0. The molecule has 0 saturated carbocycles. The minimum Gasteiger partial charge on any atom is -0.0885 e. The third kappa shape index (κ3) is 13.2. The molecule has 0 atom stereocenters. The summed E-state index contributed by atoms with van der Waals surface area (Å²) in [5.74, 6) is 0. The molecule has 0 aromatic carbocycles. The van der Waals surface area contributed by atoms with Gasteiger partial charge in [-0.3, -0.25) is 0 Å². The first-order valence-electron chi connectivity index (χ1n) is 6.36. The fourth-order valence-corrected chi connectivity index (χ4v) is 1.31. The van der Waals surface area contributed by atoms with Crippen LogP contribution in [-0.4, -0.2) is 0 Å². The Bertz CT molecular complexity index is 184. The molecule has 0 aliphatic carbocycles. The van der Waals surface area contributed by atoms with Crippen LogP contribution >= 0.6 is 0 Å². The summed E-state index contributed by atoms with van der Waals surface area (Å²) in [6.45, 7) is 4.39. The summed E-state index contributed by atoms with van der Waals surface area (Å²) in [5, 5.41) is 0. The van der Waals surface area contributed by atoms with Crippen molar-refractivity contribution in [2.24, 2.45) is 0 Å². The molecule has 0 heteroatoms. The van der Waals surface area contributed by atoms with Crippen molar-refractivity contribution < 1.29 is 0 Å². The van der Waals surface area contributed by atoms with Crippen LogP contribution in [0.3, 0.4) is 0 Å². The molecule has 0 unspecified atom stereocenters. The van der Waals surface area contributed by atoms with Gasteiger partial charge in [-0.2, -0.15) is 0 Å². The molecule has 86 valence electrons. The molecular weight excluding hydrogens is 180 g/mol. The van der Waals surface area contributed by atoms with E-state index in [0.717, 1.165) is 12.8 Å². The molecule has 0 aromatic rings. The first-order chi connectivity index (χ1) is 7.41. The van der Waals surface area contributed by atoms with E-state index in [2.05, 4.69) is 50.3 Å². The second kappa shape index (κ2) is 13.2. The van der Waals surface area contributed by atoms with Gasteiger partial charge in [0.05, 0.1) is 0 Å². The third-order valence-corrected chi connectivity index (χ3v) is 2.20. The average molecular weight is 206 g/mol. The fourth-order valence-electron chi connectivity index (χ4n) is 1.31. The number of rotatable bonds is 9. The predicted molar refractivity (Wildman–Crippen MR) is 71.1 cm³/mol. The van der Waals surface area contributed by atoms with Gasteiger partial charge in [0.2, 0.25) is 0 Å². The van der Waals surface area contributed by atoms with Crippen molar-refractivity contribution in [3.63, 3.8) is 0 Å². The van der Waals surface area contributed by atoms with Crippen molar-refractivity contribution in [2.45, 2.75) is 58.8 Å². The van der Waals surface area contributed by atoms with Crippen molar-refractivity contribution >= 4 is 0 Å². The van der Waals surface area contributed by atoms with Gasteiger partial charge >= 0.3 is 0 Å². The van der Waals surface area contributed by atoms with Crippen molar-refractivity contribution in [2.75, 3.05) is 0 Å². The Morgan fingerprint density at radius 1 is 0.667 bits per heavy atom. The van der Waals surface area contributed by atoms with E-state index in [1.54, 1.807) is 0 Å². The van der Waals surface area contributed by atoms with Crippen LogP contribution in [-0.2, 0) is 0 Å². The zero-order valence-corrected chi connectivity index (χ0v) is 10.4. The Morgan fingerprint density at radius 2 is 1.27 bits per heavy atom. The van der Waals surface area contributed by atoms with Crippen molar-refractivity contribution in [3.05, 3.63) is 36.5 Å². The Hall–Kier alpha value is -0.780. The quantitative estimate of drug-likeness (QED) is 0.349. The van der Waals surface area contributed by atoms with Crippen LogP contribution < -0.4 is 0 Å². The standard InChI is InChI=1S/C15H26/c1-3-5-7-9-11-13-15-14-12-10-8-6-4-2/h5,7-8,10-11,13H,3-4,6,9,12,14-15H2,1-2H3/b7-5-,10-8+,13-11-. The molecule has 0 N–H and O–H groups in total. The molecular formula is C15H26. The summed E-state index contributed by atoms with van der Waals surface area (Å²) in [5.41, 5.74) is 0. The van der Waals surface area contributed by atoms with Crippen LogP contribution in [0.2, 0.25) is 0 Å². The predicted octanol–water partition coefficient (Wildman–Crippen LogP) is 5.43. The smallest absolute Gasteiger partial charge is 0.0169 e. The molecule has 0 aliphatic heterocycles. The Labute approximate surface area is 95.8 Å². The molecule has 0 heterocycles. The van der Waals surface area contributed by atoms with E-state index in [1.807, 2.05) is 0 Å². The van der Waals surface area contributed by atoms with Gasteiger partial charge < -0.3 is 0 Å². The minimum absolute atomic E-state index is 1.10. The van der Waals surface area contributed by atoms with E-state index >= 15 is 0 Å². The molecule has 0 aliphatic rings. The van der Waals surface area contributed by atoms with Gasteiger partial charge in [-0.15, -0.1) is 0 Å². The topological polar surface area (TPSA) is 0 Å². The monoisotopic (exact) mass is 206 g/mol. The summed E-state index contributed by atoms with van der Waals surface area (Å²) < 4.78 is 0. The van der Waals surface area contributed by atoms with Crippen LogP contribution in [0.1, 0.15) is 58.8 Å². The molecule has 0 rings (SSSR count). The third-order valence-electron chi connectivity index (χ3n) is 2.20. The largest absolute Gasteiger partial charge is 0.0885 e. The summed E-state index contributed by atoms with van der Waals surface area (Å²) in [7, 11) is 0. The fraction of sp³-hybridized carbons (Fsp3) is 0.600. The Morgan fingerprint density at radius 3 is 1.93 bits per heavy atom. The number of hydrogen-bond acceptors (Lipinski definition) is 0.